The lowest BCUT2D eigenvalue weighted by Crippen LogP contribution is -1.89. The highest BCUT2D eigenvalue weighted by atomic mass is 16.6. The van der Waals surface area contributed by atoms with Crippen LogP contribution in [0, 0.1) is 10.1 Å². The topological polar surface area (TPSA) is 69.2 Å². The highest BCUT2D eigenvalue weighted by Crippen LogP contribution is 2.13. The average Bonchev–Trinajstić information content (AvgIpc) is 1.88. The van der Waals surface area contributed by atoms with Crippen molar-refractivity contribution in [3.05, 3.63) is 34.4 Å². The maximum atomic E-state index is 10.1. The summed E-state index contributed by atoms with van der Waals surface area (Å²) < 4.78 is 0. The van der Waals surface area contributed by atoms with Gasteiger partial charge >= 0.3 is 0 Å². The zero-order valence-electron chi connectivity index (χ0n) is 5.73. The summed E-state index contributed by atoms with van der Waals surface area (Å²) in [5, 5.41) is 10.1. The van der Waals surface area contributed by atoms with E-state index in [0.717, 1.165) is 0 Å². The Balaban J connectivity index is 0.000001000. The number of nitro benzene ring substituents is 1. The number of anilines is 1. The maximum absolute atomic E-state index is 10.1. The summed E-state index contributed by atoms with van der Waals surface area (Å²) in [5.41, 5.74) is 5.73. The second kappa shape index (κ2) is 3.60. The lowest BCUT2D eigenvalue weighted by Gasteiger charge is -1.90. The SMILES string of the molecule is Nc1cccc([N+](=O)[O-])c1.[B]. The van der Waals surface area contributed by atoms with E-state index >= 15 is 0 Å². The number of hydrogen-bond donors (Lipinski definition) is 1. The minimum atomic E-state index is -0.476. The number of nitrogens with two attached hydrogens (primary N) is 1. The van der Waals surface area contributed by atoms with E-state index in [1.54, 1.807) is 12.1 Å². The Hall–Kier alpha value is -1.52. The first-order valence-corrected chi connectivity index (χ1v) is 2.70. The van der Waals surface area contributed by atoms with Gasteiger partial charge in [0, 0.05) is 26.2 Å². The first-order valence-electron chi connectivity index (χ1n) is 2.70. The third-order valence-electron chi connectivity index (χ3n) is 1.08. The van der Waals surface area contributed by atoms with Crippen LogP contribution in [0.25, 0.3) is 0 Å². The molecule has 1 aromatic rings. The van der Waals surface area contributed by atoms with Crippen molar-refractivity contribution in [2.75, 3.05) is 5.73 Å². The van der Waals surface area contributed by atoms with Crippen LogP contribution < -0.4 is 5.73 Å². The van der Waals surface area contributed by atoms with Gasteiger partial charge in [0.05, 0.1) is 4.92 Å². The van der Waals surface area contributed by atoms with Crippen LogP contribution in [0.5, 0.6) is 0 Å². The zero-order valence-corrected chi connectivity index (χ0v) is 5.73. The van der Waals surface area contributed by atoms with Gasteiger partial charge in [-0.25, -0.2) is 0 Å². The molecule has 0 heterocycles. The summed E-state index contributed by atoms with van der Waals surface area (Å²) in [6, 6.07) is 5.87. The molecule has 0 saturated carbocycles. The zero-order chi connectivity index (χ0) is 7.56. The number of nitro groups is 1. The van der Waals surface area contributed by atoms with Crippen molar-refractivity contribution in [3.63, 3.8) is 0 Å². The van der Waals surface area contributed by atoms with Crippen molar-refractivity contribution >= 4 is 19.8 Å². The maximum Gasteiger partial charge on any atom is 0.271 e. The minimum absolute atomic E-state index is 0. The summed E-state index contributed by atoms with van der Waals surface area (Å²) in [4.78, 5) is 9.63. The van der Waals surface area contributed by atoms with E-state index < -0.39 is 4.92 Å². The molecule has 0 aliphatic heterocycles. The van der Waals surface area contributed by atoms with E-state index in [4.69, 9.17) is 5.73 Å². The van der Waals surface area contributed by atoms with Crippen LogP contribution in [-0.2, 0) is 0 Å². The Morgan fingerprint density at radius 3 is 2.45 bits per heavy atom. The van der Waals surface area contributed by atoms with E-state index in [1.807, 2.05) is 0 Å². The summed E-state index contributed by atoms with van der Waals surface area (Å²) in [7, 11) is 0. The normalized spacial score (nSPS) is 8.36. The lowest BCUT2D eigenvalue weighted by atomic mass is 10.3. The smallest absolute Gasteiger partial charge is 0.271 e. The van der Waals surface area contributed by atoms with Gasteiger partial charge in [-0.2, -0.15) is 0 Å². The number of nitrogen functional groups attached to an aromatic ring is 1. The van der Waals surface area contributed by atoms with Gasteiger partial charge < -0.3 is 5.73 Å². The number of hydrogen-bond acceptors (Lipinski definition) is 3. The molecule has 0 aliphatic rings. The Morgan fingerprint density at radius 2 is 2.09 bits per heavy atom. The molecule has 2 N–H and O–H groups in total. The Morgan fingerprint density at radius 1 is 1.45 bits per heavy atom. The number of non-ortho nitro benzene ring substituents is 1. The van der Waals surface area contributed by atoms with Gasteiger partial charge in [-0.3, -0.25) is 10.1 Å². The molecule has 1 rings (SSSR count). The highest BCUT2D eigenvalue weighted by Gasteiger charge is 2.02. The van der Waals surface area contributed by atoms with Gasteiger partial charge in [0.1, 0.15) is 0 Å². The van der Waals surface area contributed by atoms with Crippen molar-refractivity contribution in [1.82, 2.24) is 0 Å². The van der Waals surface area contributed by atoms with Crippen molar-refractivity contribution in [2.24, 2.45) is 0 Å². The van der Waals surface area contributed by atoms with Crippen LogP contribution in [0.4, 0.5) is 11.4 Å². The molecule has 0 saturated heterocycles. The van der Waals surface area contributed by atoms with E-state index in [0.29, 0.717) is 5.69 Å². The van der Waals surface area contributed by atoms with Crippen LogP contribution in [0.2, 0.25) is 0 Å². The minimum Gasteiger partial charge on any atom is -0.399 e. The molecular formula is C6H6BN2O2. The Bertz CT molecular complexity index is 265. The molecule has 0 aliphatic carbocycles. The molecule has 3 radical (unpaired) electrons. The predicted octanol–water partition coefficient (Wildman–Crippen LogP) is 0.796. The molecule has 55 valence electrons. The highest BCUT2D eigenvalue weighted by molar-refractivity contribution is 5.75. The van der Waals surface area contributed by atoms with Gasteiger partial charge in [0.2, 0.25) is 0 Å². The number of rotatable bonds is 1. The Labute approximate surface area is 65.7 Å². The van der Waals surface area contributed by atoms with Gasteiger partial charge in [-0.15, -0.1) is 0 Å². The standard InChI is InChI=1S/C6H6N2O2.B/c7-5-2-1-3-6(4-5)8(9)10;/h1-4H,7H2;. The second-order valence-corrected chi connectivity index (χ2v) is 1.85. The monoisotopic (exact) mass is 149 g/mol. The summed E-state index contributed by atoms with van der Waals surface area (Å²) >= 11 is 0. The average molecular weight is 149 g/mol. The van der Waals surface area contributed by atoms with Crippen molar-refractivity contribution < 1.29 is 4.92 Å². The summed E-state index contributed by atoms with van der Waals surface area (Å²) in [6.07, 6.45) is 0. The van der Waals surface area contributed by atoms with Crippen molar-refractivity contribution in [2.45, 2.75) is 0 Å². The van der Waals surface area contributed by atoms with Crippen LogP contribution in [0.15, 0.2) is 24.3 Å². The van der Waals surface area contributed by atoms with Crippen molar-refractivity contribution in [1.29, 1.82) is 0 Å². The first-order chi connectivity index (χ1) is 4.70. The molecule has 11 heavy (non-hydrogen) atoms. The molecule has 0 fully saturated rings. The predicted molar refractivity (Wildman–Crippen MR) is 43.3 cm³/mol. The molecule has 0 amide bonds. The molecule has 5 heteroatoms. The third-order valence-corrected chi connectivity index (χ3v) is 1.08. The van der Waals surface area contributed by atoms with Crippen LogP contribution in [0.1, 0.15) is 0 Å². The first kappa shape index (κ1) is 9.48. The van der Waals surface area contributed by atoms with Gasteiger partial charge in [-0.05, 0) is 6.07 Å². The van der Waals surface area contributed by atoms with Crippen LogP contribution in [0.3, 0.4) is 0 Å². The fourth-order valence-corrected chi connectivity index (χ4v) is 0.638. The van der Waals surface area contributed by atoms with Crippen LogP contribution in [-0.4, -0.2) is 13.3 Å². The molecule has 0 aromatic heterocycles. The molecule has 0 atom stereocenters. The second-order valence-electron chi connectivity index (χ2n) is 1.85. The molecule has 0 bridgehead atoms. The summed E-state index contributed by atoms with van der Waals surface area (Å²) in [5.74, 6) is 0. The fraction of sp³-hybridized carbons (Fsp3) is 0. The van der Waals surface area contributed by atoms with E-state index in [-0.39, 0.29) is 14.1 Å². The fourth-order valence-electron chi connectivity index (χ4n) is 0.638. The van der Waals surface area contributed by atoms with Gasteiger partial charge in [0.25, 0.3) is 5.69 Å². The quantitative estimate of drug-likeness (QED) is 0.277. The van der Waals surface area contributed by atoms with Crippen LogP contribution >= 0.6 is 0 Å². The molecule has 1 aromatic carbocycles. The lowest BCUT2D eigenvalue weighted by molar-refractivity contribution is -0.384. The molecule has 0 spiro atoms. The molecule has 4 nitrogen and oxygen atoms in total. The van der Waals surface area contributed by atoms with E-state index in [9.17, 15) is 10.1 Å². The van der Waals surface area contributed by atoms with E-state index in [2.05, 4.69) is 0 Å². The van der Waals surface area contributed by atoms with Gasteiger partial charge in [-0.1, -0.05) is 6.07 Å². The van der Waals surface area contributed by atoms with E-state index in [1.165, 1.54) is 12.1 Å². The van der Waals surface area contributed by atoms with Crippen molar-refractivity contribution in [3.8, 4) is 0 Å². The molecule has 0 unspecified atom stereocenters. The Kier molecular flexibility index (Phi) is 3.11. The number of benzene rings is 1. The largest absolute Gasteiger partial charge is 0.399 e. The third kappa shape index (κ3) is 2.29. The van der Waals surface area contributed by atoms with Gasteiger partial charge in [0.15, 0.2) is 0 Å². The number of nitrogens with zero attached hydrogens (tertiary/aromatic N) is 1. The summed E-state index contributed by atoms with van der Waals surface area (Å²) in [6.45, 7) is 0. The molecular weight excluding hydrogens is 143 g/mol.